The van der Waals surface area contributed by atoms with Gasteiger partial charge >= 0.3 is 5.97 Å². The Morgan fingerprint density at radius 1 is 1.54 bits per heavy atom. The molecular weight excluding hydrogens is 170 g/mol. The molecule has 0 spiro atoms. The predicted molar refractivity (Wildman–Crippen MR) is 47.5 cm³/mol. The number of carbonyl (C=O) groups excluding carboxylic acids is 1. The molecule has 0 aromatic heterocycles. The molecular formula is C9H15NO3. The van der Waals surface area contributed by atoms with E-state index >= 15 is 0 Å². The van der Waals surface area contributed by atoms with Crippen LogP contribution in [0.25, 0.3) is 0 Å². The second-order valence-electron chi connectivity index (χ2n) is 3.61. The zero-order valence-electron chi connectivity index (χ0n) is 7.82. The van der Waals surface area contributed by atoms with Gasteiger partial charge in [0.15, 0.2) is 0 Å². The second kappa shape index (κ2) is 4.37. The van der Waals surface area contributed by atoms with Crippen LogP contribution in [0.3, 0.4) is 0 Å². The van der Waals surface area contributed by atoms with Crippen LogP contribution in [-0.4, -0.2) is 41.4 Å². The highest BCUT2D eigenvalue weighted by atomic mass is 16.4. The first-order valence-corrected chi connectivity index (χ1v) is 4.54. The SMILES string of the molecule is CC(=O)CN1CCCC(C(=O)O)C1. The van der Waals surface area contributed by atoms with Crippen LogP contribution in [0, 0.1) is 5.92 Å². The van der Waals surface area contributed by atoms with Gasteiger partial charge in [0.25, 0.3) is 0 Å². The summed E-state index contributed by atoms with van der Waals surface area (Å²) in [7, 11) is 0. The molecule has 1 atom stereocenters. The average Bonchev–Trinajstić information content (AvgIpc) is 2.03. The van der Waals surface area contributed by atoms with Crippen molar-refractivity contribution >= 4 is 11.8 Å². The van der Waals surface area contributed by atoms with E-state index in [9.17, 15) is 9.59 Å². The molecule has 0 bridgehead atoms. The van der Waals surface area contributed by atoms with Crippen LogP contribution >= 0.6 is 0 Å². The van der Waals surface area contributed by atoms with Crippen molar-refractivity contribution in [3.05, 3.63) is 0 Å². The third kappa shape index (κ3) is 3.14. The molecule has 0 saturated carbocycles. The van der Waals surface area contributed by atoms with Crippen LogP contribution in [0.2, 0.25) is 0 Å². The molecule has 13 heavy (non-hydrogen) atoms. The number of rotatable bonds is 3. The van der Waals surface area contributed by atoms with E-state index in [4.69, 9.17) is 5.11 Å². The van der Waals surface area contributed by atoms with E-state index < -0.39 is 5.97 Å². The number of hydrogen-bond donors (Lipinski definition) is 1. The van der Waals surface area contributed by atoms with Gasteiger partial charge in [-0.25, -0.2) is 0 Å². The van der Waals surface area contributed by atoms with E-state index in [1.54, 1.807) is 0 Å². The van der Waals surface area contributed by atoms with Crippen molar-refractivity contribution in [3.63, 3.8) is 0 Å². The van der Waals surface area contributed by atoms with Gasteiger partial charge in [0.2, 0.25) is 0 Å². The molecule has 4 heteroatoms. The average molecular weight is 185 g/mol. The third-order valence-electron chi connectivity index (χ3n) is 2.30. The fraction of sp³-hybridized carbons (Fsp3) is 0.778. The minimum absolute atomic E-state index is 0.103. The number of hydrogen-bond acceptors (Lipinski definition) is 3. The maximum atomic E-state index is 10.8. The van der Waals surface area contributed by atoms with Crippen molar-refractivity contribution in [2.24, 2.45) is 5.92 Å². The van der Waals surface area contributed by atoms with E-state index in [2.05, 4.69) is 0 Å². The highest BCUT2D eigenvalue weighted by molar-refractivity contribution is 5.77. The highest BCUT2D eigenvalue weighted by Gasteiger charge is 2.25. The van der Waals surface area contributed by atoms with Crippen molar-refractivity contribution in [2.45, 2.75) is 19.8 Å². The molecule has 0 amide bonds. The topological polar surface area (TPSA) is 57.6 Å². The summed E-state index contributed by atoms with van der Waals surface area (Å²) >= 11 is 0. The first-order valence-electron chi connectivity index (χ1n) is 4.54. The molecule has 1 aliphatic rings. The van der Waals surface area contributed by atoms with Crippen LogP contribution in [0.1, 0.15) is 19.8 Å². The summed E-state index contributed by atoms with van der Waals surface area (Å²) in [5, 5.41) is 8.78. The van der Waals surface area contributed by atoms with Gasteiger partial charge in [-0.2, -0.15) is 0 Å². The monoisotopic (exact) mass is 185 g/mol. The smallest absolute Gasteiger partial charge is 0.307 e. The summed E-state index contributed by atoms with van der Waals surface area (Å²) in [5.74, 6) is -0.924. The Bertz CT molecular complexity index is 215. The van der Waals surface area contributed by atoms with Crippen LogP contribution in [0.4, 0.5) is 0 Å². The second-order valence-corrected chi connectivity index (χ2v) is 3.61. The number of likely N-dealkylation sites (tertiary alicyclic amines) is 1. The lowest BCUT2D eigenvalue weighted by molar-refractivity contribution is -0.144. The quantitative estimate of drug-likeness (QED) is 0.690. The Labute approximate surface area is 77.5 Å². The summed E-state index contributed by atoms with van der Waals surface area (Å²) in [5.41, 5.74) is 0. The number of carboxylic acids is 1. The maximum Gasteiger partial charge on any atom is 0.307 e. The Morgan fingerprint density at radius 3 is 2.77 bits per heavy atom. The van der Waals surface area contributed by atoms with E-state index in [1.807, 2.05) is 4.90 Å². The molecule has 0 radical (unpaired) electrons. The molecule has 1 saturated heterocycles. The predicted octanol–water partition coefficient (Wildman–Crippen LogP) is 0.372. The van der Waals surface area contributed by atoms with Gasteiger partial charge in [0.1, 0.15) is 5.78 Å². The van der Waals surface area contributed by atoms with E-state index in [-0.39, 0.29) is 11.7 Å². The van der Waals surface area contributed by atoms with Gasteiger partial charge in [0, 0.05) is 6.54 Å². The van der Waals surface area contributed by atoms with Crippen LogP contribution in [0.15, 0.2) is 0 Å². The standard InChI is InChI=1S/C9H15NO3/c1-7(11)5-10-4-2-3-8(6-10)9(12)13/h8H,2-6H2,1H3,(H,12,13). The van der Waals surface area contributed by atoms with Gasteiger partial charge in [-0.05, 0) is 26.3 Å². The fourth-order valence-corrected chi connectivity index (χ4v) is 1.72. The summed E-state index contributed by atoms with van der Waals surface area (Å²) < 4.78 is 0. The number of piperidine rings is 1. The number of carboxylic acid groups (broad SMARTS) is 1. The molecule has 4 nitrogen and oxygen atoms in total. The lowest BCUT2D eigenvalue weighted by Gasteiger charge is -2.29. The first kappa shape index (κ1) is 10.2. The van der Waals surface area contributed by atoms with Crippen molar-refractivity contribution in [1.82, 2.24) is 4.90 Å². The van der Waals surface area contributed by atoms with E-state index in [0.29, 0.717) is 13.1 Å². The Balaban J connectivity index is 2.41. The zero-order valence-corrected chi connectivity index (χ0v) is 7.82. The highest BCUT2D eigenvalue weighted by Crippen LogP contribution is 2.15. The lowest BCUT2D eigenvalue weighted by atomic mass is 9.98. The van der Waals surface area contributed by atoms with Crippen molar-refractivity contribution in [2.75, 3.05) is 19.6 Å². The van der Waals surface area contributed by atoms with Crippen LogP contribution in [0.5, 0.6) is 0 Å². The first-order chi connectivity index (χ1) is 6.09. The fourth-order valence-electron chi connectivity index (χ4n) is 1.72. The van der Waals surface area contributed by atoms with Gasteiger partial charge in [0.05, 0.1) is 12.5 Å². The molecule has 1 fully saturated rings. The maximum absolute atomic E-state index is 10.8. The van der Waals surface area contributed by atoms with E-state index in [1.165, 1.54) is 6.92 Å². The molecule has 1 aliphatic heterocycles. The van der Waals surface area contributed by atoms with Crippen molar-refractivity contribution in [3.8, 4) is 0 Å². The third-order valence-corrected chi connectivity index (χ3v) is 2.30. The van der Waals surface area contributed by atoms with Gasteiger partial charge in [-0.15, -0.1) is 0 Å². The summed E-state index contributed by atoms with van der Waals surface area (Å²) in [6.07, 6.45) is 1.62. The number of ketones is 1. The molecule has 0 aromatic carbocycles. The molecule has 1 rings (SSSR count). The van der Waals surface area contributed by atoms with Crippen LogP contribution in [-0.2, 0) is 9.59 Å². The van der Waals surface area contributed by atoms with Crippen molar-refractivity contribution < 1.29 is 14.7 Å². The van der Waals surface area contributed by atoms with Gasteiger partial charge in [-0.1, -0.05) is 0 Å². The molecule has 0 aromatic rings. The zero-order chi connectivity index (χ0) is 9.84. The minimum atomic E-state index is -0.742. The van der Waals surface area contributed by atoms with Gasteiger partial charge in [-0.3, -0.25) is 14.5 Å². The molecule has 1 heterocycles. The minimum Gasteiger partial charge on any atom is -0.481 e. The molecule has 1 unspecified atom stereocenters. The van der Waals surface area contributed by atoms with Gasteiger partial charge < -0.3 is 5.11 Å². The number of carbonyl (C=O) groups is 2. The van der Waals surface area contributed by atoms with Crippen LogP contribution < -0.4 is 0 Å². The Morgan fingerprint density at radius 2 is 2.23 bits per heavy atom. The van der Waals surface area contributed by atoms with E-state index in [0.717, 1.165) is 19.4 Å². The number of Topliss-reactive ketones (excluding diaryl/α,β-unsaturated/α-hetero) is 1. The Hall–Kier alpha value is -0.900. The number of nitrogens with zero attached hydrogens (tertiary/aromatic N) is 1. The number of aliphatic carboxylic acids is 1. The summed E-state index contributed by atoms with van der Waals surface area (Å²) in [6, 6.07) is 0. The summed E-state index contributed by atoms with van der Waals surface area (Å²) in [6.45, 7) is 3.30. The van der Waals surface area contributed by atoms with Crippen molar-refractivity contribution in [1.29, 1.82) is 0 Å². The molecule has 1 N–H and O–H groups in total. The normalized spacial score (nSPS) is 24.2. The molecule has 74 valence electrons. The lowest BCUT2D eigenvalue weighted by Crippen LogP contribution is -2.40. The molecule has 0 aliphatic carbocycles. The largest absolute Gasteiger partial charge is 0.481 e. The Kier molecular flexibility index (Phi) is 3.42. The summed E-state index contributed by atoms with van der Waals surface area (Å²) in [4.78, 5) is 23.4.